The maximum atomic E-state index is 6.67. The fourth-order valence-corrected chi connectivity index (χ4v) is 5.32. The summed E-state index contributed by atoms with van der Waals surface area (Å²) in [5, 5.41) is 1.19. The number of halogens is 4. The number of aromatic amines is 2. The topological polar surface area (TPSA) is 94.3 Å². The van der Waals surface area contributed by atoms with Gasteiger partial charge in [0.15, 0.2) is 23.0 Å². The summed E-state index contributed by atoms with van der Waals surface area (Å²) in [6, 6.07) is 6.91. The van der Waals surface area contributed by atoms with E-state index in [-0.39, 0.29) is 10.1 Å². The average molecular weight is 568 g/mol. The van der Waals surface area contributed by atoms with Crippen molar-refractivity contribution in [3.05, 3.63) is 57.1 Å². The normalized spacial score (nSPS) is 13.3. The first-order valence-electron chi connectivity index (χ1n) is 10.4. The van der Waals surface area contributed by atoms with Crippen molar-refractivity contribution in [2.75, 3.05) is 28.4 Å². The molecule has 2 aliphatic heterocycles. The van der Waals surface area contributed by atoms with Crippen molar-refractivity contribution in [3.8, 4) is 11.5 Å². The quantitative estimate of drug-likeness (QED) is 0.350. The lowest BCUT2D eigenvalue weighted by atomic mass is 10.3. The highest BCUT2D eigenvalue weighted by atomic mass is 35.5. The van der Waals surface area contributed by atoms with E-state index in [9.17, 15) is 0 Å². The third-order valence-corrected chi connectivity index (χ3v) is 7.12. The molecule has 0 saturated carbocycles. The van der Waals surface area contributed by atoms with Crippen molar-refractivity contribution >= 4 is 90.1 Å². The van der Waals surface area contributed by atoms with Crippen LogP contribution < -0.4 is 9.47 Å². The predicted octanol–water partition coefficient (Wildman–Crippen LogP) is 7.06. The summed E-state index contributed by atoms with van der Waals surface area (Å²) >= 11 is 26.6. The van der Waals surface area contributed by atoms with E-state index >= 15 is 0 Å². The Morgan fingerprint density at radius 3 is 1.31 bits per heavy atom. The van der Waals surface area contributed by atoms with Gasteiger partial charge < -0.3 is 28.9 Å². The van der Waals surface area contributed by atoms with Crippen molar-refractivity contribution in [2.45, 2.75) is 0 Å². The Balaban J connectivity index is 2.00. The minimum absolute atomic E-state index is 0.287. The number of H-pyrrole nitrogens is 2. The monoisotopic (exact) mass is 566 g/mol. The molecule has 0 saturated heterocycles. The average Bonchev–Trinajstić information content (AvgIpc) is 3.56. The van der Waals surface area contributed by atoms with Crippen LogP contribution >= 0.6 is 46.4 Å². The van der Waals surface area contributed by atoms with Gasteiger partial charge in [-0.2, -0.15) is 0 Å². The molecule has 0 unspecified atom stereocenters. The Bertz CT molecular complexity index is 1520. The van der Waals surface area contributed by atoms with Gasteiger partial charge in [-0.05, 0) is 24.3 Å². The van der Waals surface area contributed by atoms with E-state index in [2.05, 4.69) is 19.9 Å². The van der Waals surface area contributed by atoms with Crippen LogP contribution in [0.1, 0.15) is 22.8 Å². The van der Waals surface area contributed by atoms with Crippen molar-refractivity contribution in [3.63, 3.8) is 0 Å². The molecule has 0 radical (unpaired) electrons. The van der Waals surface area contributed by atoms with Gasteiger partial charge in [-0.25, -0.2) is 9.97 Å². The number of fused-ring (bicyclic) bond motifs is 10. The van der Waals surface area contributed by atoms with Crippen LogP contribution in [0.5, 0.6) is 11.5 Å². The molecular formula is C24H18Cl4N4O4. The van der Waals surface area contributed by atoms with E-state index in [1.807, 2.05) is 0 Å². The molecule has 8 nitrogen and oxygen atoms in total. The Hall–Kier alpha value is -3.04. The zero-order chi connectivity index (χ0) is 25.7. The van der Waals surface area contributed by atoms with Crippen molar-refractivity contribution in [1.29, 1.82) is 0 Å². The number of hydrogen-bond acceptors (Lipinski definition) is 6. The van der Waals surface area contributed by atoms with E-state index in [0.29, 0.717) is 77.9 Å². The molecule has 5 heterocycles. The smallest absolute Gasteiger partial charge is 0.165 e. The van der Waals surface area contributed by atoms with E-state index < -0.39 is 0 Å². The summed E-state index contributed by atoms with van der Waals surface area (Å²) in [7, 11) is 6.05. The maximum absolute atomic E-state index is 6.67. The van der Waals surface area contributed by atoms with Gasteiger partial charge >= 0.3 is 0 Å². The molecule has 0 aliphatic carbocycles. The molecule has 0 spiro atoms. The SMILES string of the molecule is COC1=C(Cl)c2nc1ccc1[nH]c(c3nc(ccc4[nH]c2c(Cl)c4OC)C(OC)=C3Cl)c(Cl)c1OC. The van der Waals surface area contributed by atoms with Crippen LogP contribution in [0.3, 0.4) is 0 Å². The van der Waals surface area contributed by atoms with Crippen LogP contribution in [0.2, 0.25) is 10.0 Å². The van der Waals surface area contributed by atoms with E-state index in [1.54, 1.807) is 24.3 Å². The molecule has 3 aromatic rings. The van der Waals surface area contributed by atoms with Crippen molar-refractivity contribution in [2.24, 2.45) is 0 Å². The first kappa shape index (κ1) is 24.6. The lowest BCUT2D eigenvalue weighted by Crippen LogP contribution is -1.84. The van der Waals surface area contributed by atoms with Crippen LogP contribution in [0.4, 0.5) is 0 Å². The Morgan fingerprint density at radius 1 is 0.583 bits per heavy atom. The number of rotatable bonds is 4. The van der Waals surface area contributed by atoms with Gasteiger partial charge in [-0.15, -0.1) is 0 Å². The van der Waals surface area contributed by atoms with Gasteiger partial charge in [0.2, 0.25) is 0 Å². The third-order valence-electron chi connectivity index (χ3n) is 5.70. The number of nitrogens with zero attached hydrogens (tertiary/aromatic N) is 2. The van der Waals surface area contributed by atoms with Crippen molar-refractivity contribution < 1.29 is 18.9 Å². The summed E-state index contributed by atoms with van der Waals surface area (Å²) in [6.45, 7) is 0. The second-order valence-electron chi connectivity index (χ2n) is 7.57. The Morgan fingerprint density at radius 2 is 0.972 bits per heavy atom. The van der Waals surface area contributed by atoms with Crippen molar-refractivity contribution in [1.82, 2.24) is 19.9 Å². The summed E-state index contributed by atoms with van der Waals surface area (Å²) in [5.74, 6) is 1.56. The molecule has 8 bridgehead atoms. The minimum atomic E-state index is 0.287. The standard InChI is InChI=1S/C24H18Cl4N4O4/c1-33-21-9-5-6-10-22(34-2)15(27)19(31-10)20-16(28)24(36-4)12(32-20)8-7-11-23(35-3)14(26)18(30-11)17(29-9)13(21)25/h5-8,29,32H,1-4H3. The summed E-state index contributed by atoms with van der Waals surface area (Å²) < 4.78 is 22.2. The largest absolute Gasteiger partial charge is 0.493 e. The zero-order valence-electron chi connectivity index (χ0n) is 19.3. The van der Waals surface area contributed by atoms with Gasteiger partial charge in [0.25, 0.3) is 0 Å². The molecule has 0 aromatic carbocycles. The zero-order valence-corrected chi connectivity index (χ0v) is 22.4. The molecule has 0 fully saturated rings. The fraction of sp³-hybridized carbons (Fsp3) is 0.167. The summed E-state index contributed by atoms with van der Waals surface area (Å²) in [6.07, 6.45) is 0. The van der Waals surface area contributed by atoms with Gasteiger partial charge in [-0.3, -0.25) is 0 Å². The van der Waals surface area contributed by atoms with Crippen LogP contribution in [-0.4, -0.2) is 48.4 Å². The minimum Gasteiger partial charge on any atom is -0.493 e. The molecule has 3 aromatic heterocycles. The Labute approximate surface area is 225 Å². The molecule has 5 rings (SSSR count). The maximum Gasteiger partial charge on any atom is 0.165 e. The summed E-state index contributed by atoms with van der Waals surface area (Å²) in [4.78, 5) is 15.8. The first-order chi connectivity index (χ1) is 17.3. The number of ether oxygens (including phenoxy) is 4. The second kappa shape index (κ2) is 9.44. The molecule has 36 heavy (non-hydrogen) atoms. The van der Waals surface area contributed by atoms with Gasteiger partial charge in [-0.1, -0.05) is 46.4 Å². The van der Waals surface area contributed by atoms with Crippen LogP contribution in [0.15, 0.2) is 24.3 Å². The molecule has 2 N–H and O–H groups in total. The Kier molecular flexibility index (Phi) is 6.46. The predicted molar refractivity (Wildman–Crippen MR) is 143 cm³/mol. The highest BCUT2D eigenvalue weighted by Crippen LogP contribution is 2.43. The fourth-order valence-electron chi connectivity index (χ4n) is 4.07. The summed E-state index contributed by atoms with van der Waals surface area (Å²) in [5.41, 5.74) is 3.78. The van der Waals surface area contributed by atoms with Crippen LogP contribution in [0.25, 0.3) is 43.6 Å². The van der Waals surface area contributed by atoms with Gasteiger partial charge in [0, 0.05) is 0 Å². The highest BCUT2D eigenvalue weighted by molar-refractivity contribution is 6.54. The first-order valence-corrected chi connectivity index (χ1v) is 11.9. The number of methoxy groups -OCH3 is 4. The molecule has 0 amide bonds. The van der Waals surface area contributed by atoms with E-state index in [1.165, 1.54) is 28.4 Å². The second-order valence-corrected chi connectivity index (χ2v) is 9.09. The van der Waals surface area contributed by atoms with Gasteiger partial charge in [0.1, 0.15) is 42.9 Å². The lowest BCUT2D eigenvalue weighted by molar-refractivity contribution is 0.372. The highest BCUT2D eigenvalue weighted by Gasteiger charge is 2.26. The third kappa shape index (κ3) is 3.67. The molecule has 186 valence electrons. The van der Waals surface area contributed by atoms with E-state index in [4.69, 9.17) is 65.4 Å². The van der Waals surface area contributed by atoms with Gasteiger partial charge in [0.05, 0.1) is 50.5 Å². The number of nitrogens with one attached hydrogen (secondary N) is 2. The lowest BCUT2D eigenvalue weighted by Gasteiger charge is -2.00. The molecule has 12 heteroatoms. The van der Waals surface area contributed by atoms with Crippen LogP contribution in [0, 0.1) is 0 Å². The molecule has 0 atom stereocenters. The number of hydrogen-bond donors (Lipinski definition) is 2. The van der Waals surface area contributed by atoms with Crippen LogP contribution in [-0.2, 0) is 9.47 Å². The molecule has 2 aliphatic rings. The van der Waals surface area contributed by atoms with E-state index in [0.717, 1.165) is 0 Å². The number of aromatic nitrogens is 4. The molecular weight excluding hydrogens is 550 g/mol.